The second-order valence-corrected chi connectivity index (χ2v) is 8.68. The summed E-state index contributed by atoms with van der Waals surface area (Å²) in [6.07, 6.45) is 12.5. The van der Waals surface area contributed by atoms with Gasteiger partial charge in [0.05, 0.1) is 23.6 Å². The molecular weight excluding hydrogens is 399 g/mol. The van der Waals surface area contributed by atoms with E-state index in [1.165, 1.54) is 25.7 Å². The predicted molar refractivity (Wildman–Crippen MR) is 127 cm³/mol. The molecule has 5 heterocycles. The Bertz CT molecular complexity index is 1240. The van der Waals surface area contributed by atoms with Crippen molar-refractivity contribution in [2.24, 2.45) is 0 Å². The minimum Gasteiger partial charge on any atom is -0.368 e. The summed E-state index contributed by atoms with van der Waals surface area (Å²) in [5, 5.41) is 5.52. The van der Waals surface area contributed by atoms with E-state index in [9.17, 15) is 0 Å². The third-order valence-electron chi connectivity index (χ3n) is 6.70. The molecule has 0 unspecified atom stereocenters. The Morgan fingerprint density at radius 3 is 2.53 bits per heavy atom. The van der Waals surface area contributed by atoms with Crippen LogP contribution in [-0.4, -0.2) is 63.5 Å². The van der Waals surface area contributed by atoms with Gasteiger partial charge in [-0.2, -0.15) is 4.98 Å². The summed E-state index contributed by atoms with van der Waals surface area (Å²) in [4.78, 5) is 22.6. The van der Waals surface area contributed by atoms with Gasteiger partial charge in [-0.15, -0.1) is 0 Å². The van der Waals surface area contributed by atoms with E-state index in [0.29, 0.717) is 12.0 Å². The fraction of sp³-hybridized carbons (Fsp3) is 0.391. The van der Waals surface area contributed by atoms with Crippen LogP contribution < -0.4 is 10.2 Å². The van der Waals surface area contributed by atoms with Gasteiger partial charge >= 0.3 is 0 Å². The highest BCUT2D eigenvalue weighted by Crippen LogP contribution is 2.37. The second kappa shape index (κ2) is 8.05. The zero-order valence-corrected chi connectivity index (χ0v) is 18.0. The van der Waals surface area contributed by atoms with E-state index in [2.05, 4.69) is 41.9 Å². The van der Waals surface area contributed by atoms with E-state index in [4.69, 9.17) is 13.0 Å². The van der Waals surface area contributed by atoms with Crippen LogP contribution >= 0.6 is 0 Å². The van der Waals surface area contributed by atoms with Crippen LogP contribution in [0, 0.1) is 0 Å². The zero-order chi connectivity index (χ0) is 21.5. The third kappa shape index (κ3) is 3.46. The first-order chi connectivity index (χ1) is 15.8. The largest absolute Gasteiger partial charge is 0.368 e. The van der Waals surface area contributed by atoms with Gasteiger partial charge in [0, 0.05) is 55.4 Å². The number of nitrogens with one attached hydrogen (secondary N) is 1. The molecule has 0 bridgehead atoms. The topological polar surface area (TPSA) is 75.0 Å². The minimum atomic E-state index is 0.466. The van der Waals surface area contributed by atoms with Gasteiger partial charge in [-0.1, -0.05) is 12.8 Å². The van der Waals surface area contributed by atoms with Crippen LogP contribution in [0.15, 0.2) is 43.0 Å². The molecule has 1 saturated heterocycles. The molecule has 1 saturated carbocycles. The van der Waals surface area contributed by atoms with Gasteiger partial charge in [-0.3, -0.25) is 4.98 Å². The molecule has 160 valence electrons. The number of hydrogen-bond acceptors (Lipinski definition) is 7. The molecule has 4 aromatic heterocycles. The third-order valence-corrected chi connectivity index (χ3v) is 6.70. The highest BCUT2D eigenvalue weighted by molar-refractivity contribution is 6.06. The number of nitrogens with zero attached hydrogens (tertiary/aromatic N) is 7. The highest BCUT2D eigenvalue weighted by atomic mass is 15.2. The first kappa shape index (κ1) is 19.5. The summed E-state index contributed by atoms with van der Waals surface area (Å²) >= 11 is 0. The molecule has 0 amide bonds. The summed E-state index contributed by atoms with van der Waals surface area (Å²) in [7, 11) is 5.86. The molecule has 2 fully saturated rings. The van der Waals surface area contributed by atoms with E-state index in [1.54, 1.807) is 0 Å². The molecule has 0 atom stereocenters. The second-order valence-electron chi connectivity index (χ2n) is 8.68. The Balaban J connectivity index is 1.30. The Morgan fingerprint density at radius 2 is 1.75 bits per heavy atom. The van der Waals surface area contributed by atoms with Crippen LogP contribution in [0.25, 0.3) is 21.9 Å². The minimum absolute atomic E-state index is 0.466. The van der Waals surface area contributed by atoms with Crippen LogP contribution in [0.1, 0.15) is 31.7 Å². The molecule has 4 aromatic rings. The van der Waals surface area contributed by atoms with Crippen molar-refractivity contribution in [1.82, 2.24) is 29.3 Å². The fourth-order valence-corrected chi connectivity index (χ4v) is 5.00. The van der Waals surface area contributed by atoms with Crippen molar-refractivity contribution >= 4 is 47.4 Å². The molecule has 1 aliphatic carbocycles. The number of piperazine rings is 1. The molecule has 1 aliphatic heterocycles. The number of aromatic nitrogens is 5. The lowest BCUT2D eigenvalue weighted by atomic mass is 10.2. The predicted octanol–water partition coefficient (Wildman–Crippen LogP) is 3.44. The van der Waals surface area contributed by atoms with Crippen molar-refractivity contribution < 1.29 is 0 Å². The molecule has 6 rings (SSSR count). The fourth-order valence-electron chi connectivity index (χ4n) is 5.00. The zero-order valence-electron chi connectivity index (χ0n) is 18.0. The van der Waals surface area contributed by atoms with Gasteiger partial charge < -0.3 is 19.6 Å². The van der Waals surface area contributed by atoms with Gasteiger partial charge in [-0.25, -0.2) is 9.97 Å². The summed E-state index contributed by atoms with van der Waals surface area (Å²) in [5.74, 6) is 1.29. The molecular formula is C23H25BN8. The average molecular weight is 424 g/mol. The monoisotopic (exact) mass is 424 g/mol. The van der Waals surface area contributed by atoms with Gasteiger partial charge in [0.2, 0.25) is 5.95 Å². The highest BCUT2D eigenvalue weighted by Gasteiger charge is 2.23. The van der Waals surface area contributed by atoms with Gasteiger partial charge in [0.15, 0.2) is 7.98 Å². The smallest absolute Gasteiger partial charge is 0.230 e. The lowest BCUT2D eigenvalue weighted by molar-refractivity contribution is 0.415. The van der Waals surface area contributed by atoms with Crippen LogP contribution in [0.4, 0.5) is 17.5 Å². The van der Waals surface area contributed by atoms with Gasteiger partial charge in [0.25, 0.3) is 0 Å². The van der Waals surface area contributed by atoms with Gasteiger partial charge in [0.1, 0.15) is 11.5 Å². The van der Waals surface area contributed by atoms with Crippen molar-refractivity contribution in [3.05, 3.63) is 43.0 Å². The lowest BCUT2D eigenvalue weighted by Gasteiger charge is -2.34. The number of anilines is 3. The summed E-state index contributed by atoms with van der Waals surface area (Å²) in [6, 6.07) is 6.59. The Labute approximate surface area is 188 Å². The number of fused-ring (bicyclic) bond motifs is 3. The van der Waals surface area contributed by atoms with E-state index in [1.807, 2.05) is 35.7 Å². The molecule has 0 spiro atoms. The molecule has 2 aliphatic rings. The first-order valence-electron chi connectivity index (χ1n) is 11.3. The van der Waals surface area contributed by atoms with E-state index in [-0.39, 0.29) is 0 Å². The van der Waals surface area contributed by atoms with E-state index >= 15 is 0 Å². The van der Waals surface area contributed by atoms with Crippen LogP contribution in [0.5, 0.6) is 0 Å². The summed E-state index contributed by atoms with van der Waals surface area (Å²) in [6.45, 7) is 3.54. The van der Waals surface area contributed by atoms with Crippen molar-refractivity contribution in [1.29, 1.82) is 0 Å². The number of rotatable bonds is 4. The normalized spacial score (nSPS) is 18.1. The average Bonchev–Trinajstić information content (AvgIpc) is 3.46. The molecule has 8 nitrogen and oxygen atoms in total. The maximum Gasteiger partial charge on any atom is 0.230 e. The Morgan fingerprint density at radius 1 is 0.906 bits per heavy atom. The van der Waals surface area contributed by atoms with Crippen molar-refractivity contribution in [2.75, 3.05) is 36.4 Å². The SMILES string of the molecule is [B]N1CCN(c2ccc(Nc3ncc4c5ccncc5n(C5CCCC5)c4n3)nc2)CC1. The quantitative estimate of drug-likeness (QED) is 0.503. The Kier molecular flexibility index (Phi) is 4.90. The van der Waals surface area contributed by atoms with Crippen molar-refractivity contribution in [2.45, 2.75) is 31.7 Å². The number of hydrogen-bond donors (Lipinski definition) is 1. The molecule has 9 heteroatoms. The summed E-state index contributed by atoms with van der Waals surface area (Å²) < 4.78 is 2.37. The van der Waals surface area contributed by atoms with Crippen LogP contribution in [0.3, 0.4) is 0 Å². The number of pyridine rings is 2. The molecule has 32 heavy (non-hydrogen) atoms. The maximum atomic E-state index is 5.86. The van der Waals surface area contributed by atoms with Crippen molar-refractivity contribution in [3.8, 4) is 0 Å². The van der Waals surface area contributed by atoms with Gasteiger partial charge in [-0.05, 0) is 31.0 Å². The van der Waals surface area contributed by atoms with E-state index in [0.717, 1.165) is 59.6 Å². The molecule has 2 radical (unpaired) electrons. The standard InChI is InChI=1S/C23H25BN8/c24-31-11-9-30(10-12-31)17-5-6-21(26-13-17)28-23-27-14-19-18-7-8-25-15-20(18)32(22(19)29-23)16-3-1-2-4-16/h5-8,13-16H,1-4,9-12H2,(H,26,27,28,29). The lowest BCUT2D eigenvalue weighted by Crippen LogP contribution is -2.45. The first-order valence-corrected chi connectivity index (χ1v) is 11.3. The maximum absolute atomic E-state index is 5.86. The Hall–Kier alpha value is -3.20. The molecule has 1 N–H and O–H groups in total. The van der Waals surface area contributed by atoms with Crippen LogP contribution in [0.2, 0.25) is 0 Å². The van der Waals surface area contributed by atoms with Crippen molar-refractivity contribution in [3.63, 3.8) is 0 Å². The van der Waals surface area contributed by atoms with E-state index < -0.39 is 0 Å². The van der Waals surface area contributed by atoms with Crippen LogP contribution in [-0.2, 0) is 0 Å². The molecule has 0 aromatic carbocycles. The summed E-state index contributed by atoms with van der Waals surface area (Å²) in [5.41, 5.74) is 3.21.